The summed E-state index contributed by atoms with van der Waals surface area (Å²) in [4.78, 5) is 0. The minimum Gasteiger partial charge on any atom is -0.0845 e. The van der Waals surface area contributed by atoms with Crippen LogP contribution in [0.2, 0.25) is 0 Å². The monoisotopic (exact) mass is 244 g/mol. The van der Waals surface area contributed by atoms with E-state index in [2.05, 4.69) is 63.3 Å². The van der Waals surface area contributed by atoms with Gasteiger partial charge in [0, 0.05) is 0 Å². The van der Waals surface area contributed by atoms with Gasteiger partial charge in [0.15, 0.2) is 0 Å². The first-order valence-corrected chi connectivity index (χ1v) is 7.04. The molecular weight excluding hydrogens is 216 g/mol. The number of rotatable bonds is 0. The molecule has 0 aromatic heterocycles. The number of hydrogen-bond acceptors (Lipinski definition) is 0. The second kappa shape index (κ2) is 10.8. The lowest BCUT2D eigenvalue weighted by Gasteiger charge is -1.91. The van der Waals surface area contributed by atoms with E-state index in [1.165, 1.54) is 36.0 Å². The van der Waals surface area contributed by atoms with Crippen LogP contribution >= 0.6 is 0 Å². The predicted molar refractivity (Wildman–Crippen MR) is 84.0 cm³/mol. The smallest absolute Gasteiger partial charge is 0.0317 e. The second-order valence-electron chi connectivity index (χ2n) is 4.49. The van der Waals surface area contributed by atoms with Crippen molar-refractivity contribution in [3.8, 4) is 0 Å². The Hall–Kier alpha value is -1.30. The van der Waals surface area contributed by atoms with Crippen molar-refractivity contribution in [3.63, 3.8) is 0 Å². The maximum absolute atomic E-state index is 2.23. The number of aryl methyl sites for hydroxylation is 2. The van der Waals surface area contributed by atoms with Gasteiger partial charge in [-0.25, -0.2) is 0 Å². The summed E-state index contributed by atoms with van der Waals surface area (Å²) < 4.78 is 0. The van der Waals surface area contributed by atoms with Crippen LogP contribution in [0.1, 0.15) is 51.2 Å². The highest BCUT2D eigenvalue weighted by Gasteiger charge is 1.90. The van der Waals surface area contributed by atoms with E-state index in [1.54, 1.807) is 0 Å². The minimum absolute atomic E-state index is 1.26. The van der Waals surface area contributed by atoms with Crippen molar-refractivity contribution in [3.05, 3.63) is 59.2 Å². The van der Waals surface area contributed by atoms with E-state index >= 15 is 0 Å². The largest absolute Gasteiger partial charge is 0.0845 e. The standard InChI is InChI=1S/C8H10.C8H12.C2H6/c1-7-3-5-8(2)6-4-7;1-8-6-4-2-3-5-7-8;1-2/h3-6H,1-2H3;2,4,6H,3,5,7H2,1H3;1-2H3. The highest BCUT2D eigenvalue weighted by molar-refractivity contribution is 5.19. The fraction of sp³-hybridized carbons (Fsp3) is 0.444. The normalized spacial score (nSPS) is 13.3. The molecule has 0 atom stereocenters. The quantitative estimate of drug-likeness (QED) is 0.525. The summed E-state index contributed by atoms with van der Waals surface area (Å²) in [6.45, 7) is 10.4. The molecule has 0 N–H and O–H groups in total. The first kappa shape index (κ1) is 16.7. The van der Waals surface area contributed by atoms with Crippen molar-refractivity contribution in [1.29, 1.82) is 0 Å². The number of benzene rings is 1. The van der Waals surface area contributed by atoms with E-state index < -0.39 is 0 Å². The molecule has 0 saturated heterocycles. The Morgan fingerprint density at radius 3 is 1.83 bits per heavy atom. The molecule has 100 valence electrons. The predicted octanol–water partition coefficient (Wildman–Crippen LogP) is 6.00. The average molecular weight is 244 g/mol. The molecule has 0 fully saturated rings. The number of allylic oxidation sites excluding steroid dienone is 4. The molecule has 0 aliphatic heterocycles. The molecule has 18 heavy (non-hydrogen) atoms. The van der Waals surface area contributed by atoms with Gasteiger partial charge in [-0.15, -0.1) is 0 Å². The third-order valence-electron chi connectivity index (χ3n) is 2.68. The summed E-state index contributed by atoms with van der Waals surface area (Å²) in [6.07, 6.45) is 10.5. The fourth-order valence-electron chi connectivity index (χ4n) is 1.55. The maximum atomic E-state index is 2.23. The molecule has 0 nitrogen and oxygen atoms in total. The van der Waals surface area contributed by atoms with Gasteiger partial charge in [-0.1, -0.05) is 73.0 Å². The van der Waals surface area contributed by atoms with Crippen molar-refractivity contribution in [2.24, 2.45) is 0 Å². The van der Waals surface area contributed by atoms with Gasteiger partial charge < -0.3 is 0 Å². The summed E-state index contributed by atoms with van der Waals surface area (Å²) >= 11 is 0. The molecule has 0 amide bonds. The van der Waals surface area contributed by atoms with Crippen LogP contribution in [0.4, 0.5) is 0 Å². The topological polar surface area (TPSA) is 0 Å². The molecule has 1 aliphatic carbocycles. The SMILES string of the molecule is CC.CC1=CC=CCCC1.Cc1ccc(C)cc1. The highest BCUT2D eigenvalue weighted by Crippen LogP contribution is 2.10. The van der Waals surface area contributed by atoms with Crippen LogP contribution in [0.15, 0.2) is 48.1 Å². The van der Waals surface area contributed by atoms with Crippen LogP contribution in [0.5, 0.6) is 0 Å². The molecule has 1 aliphatic rings. The van der Waals surface area contributed by atoms with Crippen LogP contribution in [-0.4, -0.2) is 0 Å². The zero-order valence-electron chi connectivity index (χ0n) is 12.7. The van der Waals surface area contributed by atoms with Crippen LogP contribution in [-0.2, 0) is 0 Å². The maximum Gasteiger partial charge on any atom is -0.0317 e. The molecule has 0 spiro atoms. The molecule has 0 saturated carbocycles. The van der Waals surface area contributed by atoms with Gasteiger partial charge >= 0.3 is 0 Å². The van der Waals surface area contributed by atoms with Crippen molar-refractivity contribution < 1.29 is 0 Å². The summed E-state index contributed by atoms with van der Waals surface area (Å²) in [5.41, 5.74) is 4.17. The van der Waals surface area contributed by atoms with Gasteiger partial charge in [0.05, 0.1) is 0 Å². The van der Waals surface area contributed by atoms with E-state index in [9.17, 15) is 0 Å². The first-order chi connectivity index (χ1) is 8.68. The van der Waals surface area contributed by atoms with Crippen LogP contribution < -0.4 is 0 Å². The lowest BCUT2D eigenvalue weighted by Crippen LogP contribution is -1.71. The van der Waals surface area contributed by atoms with Crippen molar-refractivity contribution in [1.82, 2.24) is 0 Å². The summed E-state index contributed by atoms with van der Waals surface area (Å²) in [5.74, 6) is 0. The zero-order chi connectivity index (χ0) is 13.8. The Morgan fingerprint density at radius 1 is 0.833 bits per heavy atom. The molecule has 1 aromatic rings. The average Bonchev–Trinajstić information content (AvgIpc) is 2.64. The summed E-state index contributed by atoms with van der Waals surface area (Å²) in [6, 6.07) is 8.48. The molecule has 0 heteroatoms. The Kier molecular flexibility index (Phi) is 10.0. The molecule has 0 unspecified atom stereocenters. The lowest BCUT2D eigenvalue weighted by molar-refractivity contribution is 0.841. The molecule has 0 radical (unpaired) electrons. The minimum atomic E-state index is 1.26. The van der Waals surface area contributed by atoms with Gasteiger partial charge in [0.25, 0.3) is 0 Å². The van der Waals surface area contributed by atoms with E-state index in [1.807, 2.05) is 13.8 Å². The second-order valence-corrected chi connectivity index (χ2v) is 4.49. The van der Waals surface area contributed by atoms with E-state index in [4.69, 9.17) is 0 Å². The van der Waals surface area contributed by atoms with Gasteiger partial charge in [-0.05, 0) is 40.0 Å². The van der Waals surface area contributed by atoms with Gasteiger partial charge in [0.1, 0.15) is 0 Å². The Labute approximate surface area is 113 Å². The molecule has 0 heterocycles. The van der Waals surface area contributed by atoms with Gasteiger partial charge in [0.2, 0.25) is 0 Å². The van der Waals surface area contributed by atoms with Crippen molar-refractivity contribution >= 4 is 0 Å². The molecule has 0 bridgehead atoms. The third kappa shape index (κ3) is 8.81. The number of hydrogen-bond donors (Lipinski definition) is 0. The van der Waals surface area contributed by atoms with Gasteiger partial charge in [-0.3, -0.25) is 0 Å². The molecule has 1 aromatic carbocycles. The zero-order valence-corrected chi connectivity index (χ0v) is 12.7. The van der Waals surface area contributed by atoms with Crippen LogP contribution in [0.3, 0.4) is 0 Å². The molecular formula is C18H28. The summed E-state index contributed by atoms with van der Waals surface area (Å²) in [7, 11) is 0. The van der Waals surface area contributed by atoms with Crippen LogP contribution in [0.25, 0.3) is 0 Å². The fourth-order valence-corrected chi connectivity index (χ4v) is 1.55. The Bertz CT molecular complexity index is 331. The van der Waals surface area contributed by atoms with Crippen molar-refractivity contribution in [2.75, 3.05) is 0 Å². The Balaban J connectivity index is 0.000000283. The van der Waals surface area contributed by atoms with Crippen LogP contribution in [0, 0.1) is 13.8 Å². The van der Waals surface area contributed by atoms with E-state index in [0.717, 1.165) is 0 Å². The summed E-state index contributed by atoms with van der Waals surface area (Å²) in [5, 5.41) is 0. The lowest BCUT2D eigenvalue weighted by atomic mass is 10.1. The third-order valence-corrected chi connectivity index (χ3v) is 2.68. The van der Waals surface area contributed by atoms with E-state index in [0.29, 0.717) is 0 Å². The van der Waals surface area contributed by atoms with E-state index in [-0.39, 0.29) is 0 Å². The highest BCUT2D eigenvalue weighted by atomic mass is 14.0. The molecule has 2 rings (SSSR count). The Morgan fingerprint density at radius 2 is 1.33 bits per heavy atom. The van der Waals surface area contributed by atoms with Crippen molar-refractivity contribution in [2.45, 2.75) is 53.9 Å². The van der Waals surface area contributed by atoms with Gasteiger partial charge in [-0.2, -0.15) is 0 Å². The first-order valence-electron chi connectivity index (χ1n) is 7.04.